The van der Waals surface area contributed by atoms with E-state index in [1.165, 1.54) is 0 Å². The van der Waals surface area contributed by atoms with Crippen LogP contribution in [0.2, 0.25) is 0 Å². The summed E-state index contributed by atoms with van der Waals surface area (Å²) in [5.74, 6) is 0. The molecule has 5 heteroatoms. The summed E-state index contributed by atoms with van der Waals surface area (Å²) in [7, 11) is 14.8. The van der Waals surface area contributed by atoms with Crippen molar-refractivity contribution < 1.29 is 0 Å². The van der Waals surface area contributed by atoms with Crippen molar-refractivity contribution in [1.29, 1.82) is 0 Å². The van der Waals surface area contributed by atoms with Gasteiger partial charge in [0, 0.05) is 0 Å². The monoisotopic (exact) mass is 174 g/mol. The van der Waals surface area contributed by atoms with Crippen LogP contribution in [0.4, 0.5) is 0 Å². The summed E-state index contributed by atoms with van der Waals surface area (Å²) < 4.78 is 0. The number of hydrogen-bond donors (Lipinski definition) is 0. The van der Waals surface area contributed by atoms with Crippen LogP contribution in [0.25, 0.3) is 0 Å². The zero-order valence-electron chi connectivity index (χ0n) is 1.71. The molecule has 0 rings (SSSR count). The van der Waals surface area contributed by atoms with Gasteiger partial charge in [0.1, 0.15) is 0 Å². The average Bonchev–Trinajstić information content (AvgIpc) is 0.811. The SMILES string of the molecule is [CaH2].[Cl][Al]([Cl])[Cl]. The van der Waals surface area contributed by atoms with Gasteiger partial charge in [-0.3, -0.25) is 0 Å². The van der Waals surface area contributed by atoms with Gasteiger partial charge < -0.3 is 0 Å². The topological polar surface area (TPSA) is 0 Å². The van der Waals surface area contributed by atoms with Crippen LogP contribution in [0.5, 0.6) is 0 Å². The van der Waals surface area contributed by atoms with E-state index in [0.717, 1.165) is 0 Å². The number of halogens is 3. The molecule has 0 aliphatic heterocycles. The minimum absolute atomic E-state index is 0. The first-order chi connectivity index (χ1) is 1.73. The van der Waals surface area contributed by atoms with Crippen molar-refractivity contribution in [2.45, 2.75) is 0 Å². The maximum atomic E-state index is 4.94. The van der Waals surface area contributed by atoms with Gasteiger partial charge in [0.15, 0.2) is 0 Å². The second kappa shape index (κ2) is 6.66. The molecule has 0 nitrogen and oxygen atoms in total. The average molecular weight is 175 g/mol. The Morgan fingerprint density at radius 2 is 1.00 bits per heavy atom. The van der Waals surface area contributed by atoms with E-state index in [0.29, 0.717) is 0 Å². The molecule has 5 heavy (non-hydrogen) atoms. The second-order valence-corrected chi connectivity index (χ2v) is 6.68. The van der Waals surface area contributed by atoms with Gasteiger partial charge in [0.25, 0.3) is 0 Å². The van der Waals surface area contributed by atoms with Crippen molar-refractivity contribution in [1.82, 2.24) is 0 Å². The summed E-state index contributed by atoms with van der Waals surface area (Å²) in [4.78, 5) is 0. The Morgan fingerprint density at radius 1 is 1.00 bits per heavy atom. The predicted molar refractivity (Wildman–Crippen MR) is 31.9 cm³/mol. The molecule has 0 radical (unpaired) electrons. The Kier molecular flexibility index (Phi) is 14.1. The van der Waals surface area contributed by atoms with E-state index in [2.05, 4.69) is 0 Å². The first kappa shape index (κ1) is 10.6. The fourth-order valence-corrected chi connectivity index (χ4v) is 0. The molecule has 0 aromatic heterocycles. The maximum absolute atomic E-state index is 4.94. The molecule has 0 bridgehead atoms. The second-order valence-electron chi connectivity index (χ2n) is 0.247. The molecule has 0 aliphatic carbocycles. The van der Waals surface area contributed by atoms with E-state index in [-0.39, 0.29) is 37.7 Å². The first-order valence-electron chi connectivity index (χ1n) is 0.655. The Hall–Kier alpha value is 2.66. The van der Waals surface area contributed by atoms with Gasteiger partial charge in [-0.1, -0.05) is 0 Å². The normalized spacial score (nSPS) is 5.40. The third kappa shape index (κ3) is 20.4. The van der Waals surface area contributed by atoms with E-state index in [1.54, 1.807) is 0 Å². The zero-order chi connectivity index (χ0) is 3.58. The molecule has 0 unspecified atom stereocenters. The van der Waals surface area contributed by atoms with Gasteiger partial charge in [0.05, 0.1) is 0 Å². The van der Waals surface area contributed by atoms with Gasteiger partial charge in [-0.25, -0.2) is 30.1 Å². The van der Waals surface area contributed by atoms with E-state index in [1.807, 2.05) is 0 Å². The molecular weight excluding hydrogens is 173 g/mol. The Bertz CT molecular complexity index is 11.6. The van der Waals surface area contributed by atoms with Crippen LogP contribution < -0.4 is 0 Å². The molecule has 0 heterocycles. The first-order valence-corrected chi connectivity index (χ1v) is 5.89. The molecular formula is H2AlCaCl3. The molecule has 0 N–H and O–H groups in total. The van der Waals surface area contributed by atoms with E-state index in [9.17, 15) is 0 Å². The van der Waals surface area contributed by atoms with Crippen LogP contribution in [-0.4, -0.2) is 49.1 Å². The summed E-state index contributed by atoms with van der Waals surface area (Å²) in [6.07, 6.45) is 0. The Labute approximate surface area is 77.8 Å². The summed E-state index contributed by atoms with van der Waals surface area (Å²) >= 11 is -1.72. The van der Waals surface area contributed by atoms with E-state index >= 15 is 0 Å². The minimum atomic E-state index is -1.72. The van der Waals surface area contributed by atoms with Crippen molar-refractivity contribution in [2.24, 2.45) is 0 Å². The van der Waals surface area contributed by atoms with Gasteiger partial charge in [-0.2, -0.15) is 0 Å². The van der Waals surface area contributed by atoms with Crippen LogP contribution in [0.1, 0.15) is 0 Å². The molecule has 0 saturated carbocycles. The fraction of sp³-hybridized carbons (Fsp3) is 0. The summed E-state index contributed by atoms with van der Waals surface area (Å²) in [5, 5.41) is 0. The predicted octanol–water partition coefficient (Wildman–Crippen LogP) is 0.771. The Balaban J connectivity index is 0. The standard InChI is InChI=1S/Al.Ca.3ClH.2H/h;;3*1H;;/q+3;;;;;;/p-3. The van der Waals surface area contributed by atoms with Crippen LogP contribution in [0.3, 0.4) is 0 Å². The fourth-order valence-electron chi connectivity index (χ4n) is 0. The smallest absolute Gasteiger partial charge is 0.214 e. The van der Waals surface area contributed by atoms with Crippen LogP contribution >= 0.6 is 30.1 Å². The van der Waals surface area contributed by atoms with Crippen molar-refractivity contribution in [2.75, 3.05) is 0 Å². The van der Waals surface area contributed by atoms with Gasteiger partial charge in [0.2, 0.25) is 0 Å². The molecule has 0 saturated heterocycles. The van der Waals surface area contributed by atoms with E-state index in [4.69, 9.17) is 30.1 Å². The molecule has 0 aliphatic rings. The number of rotatable bonds is 0. The van der Waals surface area contributed by atoms with Crippen molar-refractivity contribution in [3.63, 3.8) is 0 Å². The maximum Gasteiger partial charge on any atom is 0.643 e. The zero-order valence-corrected chi connectivity index (χ0v) is 5.13. The third-order valence-electron chi connectivity index (χ3n) is 0. The van der Waals surface area contributed by atoms with Crippen LogP contribution in [-0.2, 0) is 0 Å². The van der Waals surface area contributed by atoms with Gasteiger partial charge in [-0.05, 0) is 0 Å². The Morgan fingerprint density at radius 3 is 1.00 bits per heavy atom. The quantitative estimate of drug-likeness (QED) is 0.477. The molecule has 28 valence electrons. The summed E-state index contributed by atoms with van der Waals surface area (Å²) in [6, 6.07) is 0. The minimum Gasteiger partial charge on any atom is -0.214 e. The van der Waals surface area contributed by atoms with Crippen LogP contribution in [0.15, 0.2) is 0 Å². The molecule has 0 spiro atoms. The third-order valence-corrected chi connectivity index (χ3v) is 0. The van der Waals surface area contributed by atoms with Gasteiger partial charge in [-0.15, -0.1) is 0 Å². The molecule has 0 amide bonds. The van der Waals surface area contributed by atoms with Crippen molar-refractivity contribution in [3.05, 3.63) is 0 Å². The number of hydrogen-bond acceptors (Lipinski definition) is 0. The van der Waals surface area contributed by atoms with E-state index < -0.39 is 11.4 Å². The van der Waals surface area contributed by atoms with Crippen LogP contribution in [0, 0.1) is 0 Å². The summed E-state index contributed by atoms with van der Waals surface area (Å²) in [6.45, 7) is 0. The molecule has 0 fully saturated rings. The largest absolute Gasteiger partial charge is 0.643 e. The summed E-state index contributed by atoms with van der Waals surface area (Å²) in [5.41, 5.74) is 0. The van der Waals surface area contributed by atoms with Crippen molar-refractivity contribution >= 4 is 79.3 Å². The van der Waals surface area contributed by atoms with Gasteiger partial charge >= 0.3 is 49.1 Å². The molecule has 0 aromatic carbocycles. The molecule has 0 atom stereocenters. The molecule has 0 aromatic rings. The van der Waals surface area contributed by atoms with Crippen molar-refractivity contribution in [3.8, 4) is 0 Å².